The van der Waals surface area contributed by atoms with Crippen LogP contribution in [0.5, 0.6) is 0 Å². The van der Waals surface area contributed by atoms with Crippen molar-refractivity contribution in [1.82, 2.24) is 15.5 Å². The van der Waals surface area contributed by atoms with E-state index >= 15 is 0 Å². The molecule has 0 unspecified atom stereocenters. The molecule has 1 aromatic carbocycles. The Kier molecular flexibility index (Phi) is 9.52. The number of benzene rings is 1. The molecule has 1 heterocycles. The summed E-state index contributed by atoms with van der Waals surface area (Å²) in [5.74, 6) is 1.59. The number of hydrogen-bond acceptors (Lipinski definition) is 2. The van der Waals surface area contributed by atoms with Gasteiger partial charge >= 0.3 is 0 Å². The average molecular weight is 479 g/mol. The second-order valence-corrected chi connectivity index (χ2v) is 8.05. The van der Waals surface area contributed by atoms with Gasteiger partial charge in [0.2, 0.25) is 0 Å². The van der Waals surface area contributed by atoms with Crippen LogP contribution in [-0.4, -0.2) is 43.1 Å². The molecule has 0 radical (unpaired) electrons. The summed E-state index contributed by atoms with van der Waals surface area (Å²) in [5.41, 5.74) is 1.26. The molecule has 0 bridgehead atoms. The lowest BCUT2D eigenvalue weighted by Gasteiger charge is -2.33. The highest BCUT2D eigenvalue weighted by molar-refractivity contribution is 14.0. The first-order valence-corrected chi connectivity index (χ1v) is 9.20. The summed E-state index contributed by atoms with van der Waals surface area (Å²) in [4.78, 5) is 6.81. The Bertz CT molecular complexity index is 549. The zero-order valence-electron chi connectivity index (χ0n) is 15.8. The molecule has 0 aromatic heterocycles. The molecule has 6 heteroatoms. The molecule has 142 valence electrons. The van der Waals surface area contributed by atoms with Gasteiger partial charge < -0.3 is 10.6 Å². The van der Waals surface area contributed by atoms with Crippen molar-refractivity contribution in [2.75, 3.05) is 26.7 Å². The number of halogens is 2. The topological polar surface area (TPSA) is 39.7 Å². The van der Waals surface area contributed by atoms with E-state index < -0.39 is 0 Å². The first-order chi connectivity index (χ1) is 11.4. The minimum atomic E-state index is 0. The van der Waals surface area contributed by atoms with E-state index in [2.05, 4.69) is 53.4 Å². The van der Waals surface area contributed by atoms with Gasteiger partial charge in [-0.2, -0.15) is 0 Å². The van der Waals surface area contributed by atoms with Crippen molar-refractivity contribution in [3.05, 3.63) is 34.9 Å². The molecule has 0 amide bonds. The first-order valence-electron chi connectivity index (χ1n) is 8.82. The maximum Gasteiger partial charge on any atom is 0.191 e. The summed E-state index contributed by atoms with van der Waals surface area (Å²) in [6.45, 7) is 10.6. The Balaban J connectivity index is 0.00000312. The van der Waals surface area contributed by atoms with E-state index in [1.165, 1.54) is 18.4 Å². The highest BCUT2D eigenvalue weighted by Crippen LogP contribution is 2.21. The van der Waals surface area contributed by atoms with Gasteiger partial charge in [-0.3, -0.25) is 9.89 Å². The lowest BCUT2D eigenvalue weighted by atomic mass is 9.96. The van der Waals surface area contributed by atoms with E-state index in [0.717, 1.165) is 37.2 Å². The third-order valence-electron chi connectivity index (χ3n) is 4.33. The highest BCUT2D eigenvalue weighted by Gasteiger charge is 2.20. The van der Waals surface area contributed by atoms with Gasteiger partial charge in [0.1, 0.15) is 0 Å². The summed E-state index contributed by atoms with van der Waals surface area (Å²) < 4.78 is 0. The molecule has 0 spiro atoms. The molecule has 25 heavy (non-hydrogen) atoms. The zero-order valence-corrected chi connectivity index (χ0v) is 18.9. The van der Waals surface area contributed by atoms with Crippen LogP contribution in [0, 0.1) is 5.92 Å². The number of hydrogen-bond donors (Lipinski definition) is 2. The van der Waals surface area contributed by atoms with Crippen LogP contribution < -0.4 is 10.6 Å². The molecular formula is C19H32ClIN4. The molecule has 2 rings (SSSR count). The molecule has 0 aliphatic carbocycles. The van der Waals surface area contributed by atoms with Crippen molar-refractivity contribution in [3.63, 3.8) is 0 Å². The van der Waals surface area contributed by atoms with Gasteiger partial charge in [0.25, 0.3) is 0 Å². The lowest BCUT2D eigenvalue weighted by Crippen LogP contribution is -2.49. The average Bonchev–Trinajstić information content (AvgIpc) is 2.54. The van der Waals surface area contributed by atoms with Crippen LogP contribution >= 0.6 is 35.6 Å². The number of piperidine rings is 1. The van der Waals surface area contributed by atoms with Crippen LogP contribution in [0.2, 0.25) is 5.02 Å². The Labute approximate surface area is 174 Å². The Morgan fingerprint density at radius 2 is 1.88 bits per heavy atom. The van der Waals surface area contributed by atoms with Crippen molar-refractivity contribution >= 4 is 41.5 Å². The van der Waals surface area contributed by atoms with Crippen molar-refractivity contribution < 1.29 is 0 Å². The SMILES string of the molecule is CN=C(NCC1CCN(Cc2ccccc2Cl)CC1)NC(C)(C)C.I. The van der Waals surface area contributed by atoms with Crippen molar-refractivity contribution in [1.29, 1.82) is 0 Å². The Hall–Kier alpha value is -0.530. The van der Waals surface area contributed by atoms with Crippen LogP contribution in [0.4, 0.5) is 0 Å². The molecule has 0 atom stereocenters. The fraction of sp³-hybridized carbons (Fsp3) is 0.632. The van der Waals surface area contributed by atoms with Crippen molar-refractivity contribution in [2.45, 2.75) is 45.7 Å². The molecular weight excluding hydrogens is 447 g/mol. The van der Waals surface area contributed by atoms with Gasteiger partial charge in [-0.25, -0.2) is 0 Å². The predicted molar refractivity (Wildman–Crippen MR) is 119 cm³/mol. The highest BCUT2D eigenvalue weighted by atomic mass is 127. The van der Waals surface area contributed by atoms with Gasteiger partial charge in [0.05, 0.1) is 0 Å². The van der Waals surface area contributed by atoms with Gasteiger partial charge in [0, 0.05) is 30.7 Å². The fourth-order valence-electron chi connectivity index (χ4n) is 2.99. The van der Waals surface area contributed by atoms with Gasteiger partial charge in [-0.05, 0) is 64.3 Å². The lowest BCUT2D eigenvalue weighted by molar-refractivity contribution is 0.178. The standard InChI is InChI=1S/C19H31ClN4.HI/c1-19(2,3)23-18(21-4)22-13-15-9-11-24(12-10-15)14-16-7-5-6-8-17(16)20;/h5-8,15H,9-14H2,1-4H3,(H2,21,22,23);1H. The van der Waals surface area contributed by atoms with Gasteiger partial charge in [-0.1, -0.05) is 29.8 Å². The van der Waals surface area contributed by atoms with E-state index in [4.69, 9.17) is 11.6 Å². The second kappa shape index (κ2) is 10.6. The van der Waals surface area contributed by atoms with Crippen LogP contribution in [0.1, 0.15) is 39.2 Å². The predicted octanol–water partition coefficient (Wildman–Crippen LogP) is 4.13. The smallest absolute Gasteiger partial charge is 0.191 e. The maximum atomic E-state index is 6.27. The third kappa shape index (κ3) is 8.13. The van der Waals surface area contributed by atoms with E-state index in [9.17, 15) is 0 Å². The number of likely N-dealkylation sites (tertiary alicyclic amines) is 1. The molecule has 1 aliphatic rings. The molecule has 1 fully saturated rings. The van der Waals surface area contributed by atoms with Gasteiger partial charge in [0.15, 0.2) is 5.96 Å². The Morgan fingerprint density at radius 3 is 2.44 bits per heavy atom. The fourth-order valence-corrected chi connectivity index (χ4v) is 3.19. The van der Waals surface area contributed by atoms with E-state index in [-0.39, 0.29) is 29.5 Å². The third-order valence-corrected chi connectivity index (χ3v) is 4.70. The van der Waals surface area contributed by atoms with Crippen molar-refractivity contribution in [3.8, 4) is 0 Å². The molecule has 2 N–H and O–H groups in total. The number of aliphatic imine (C=N–C) groups is 1. The molecule has 1 aliphatic heterocycles. The minimum Gasteiger partial charge on any atom is -0.356 e. The van der Waals surface area contributed by atoms with Crippen LogP contribution in [0.25, 0.3) is 0 Å². The normalized spacial score (nSPS) is 17.1. The maximum absolute atomic E-state index is 6.27. The zero-order chi connectivity index (χ0) is 17.6. The second-order valence-electron chi connectivity index (χ2n) is 7.64. The summed E-state index contributed by atoms with van der Waals surface area (Å²) in [7, 11) is 1.83. The Morgan fingerprint density at radius 1 is 1.24 bits per heavy atom. The quantitative estimate of drug-likeness (QED) is 0.388. The molecule has 1 aromatic rings. The molecule has 0 saturated carbocycles. The number of nitrogens with one attached hydrogen (secondary N) is 2. The van der Waals surface area contributed by atoms with Gasteiger partial charge in [-0.15, -0.1) is 24.0 Å². The summed E-state index contributed by atoms with van der Waals surface area (Å²) in [5, 5.41) is 7.75. The van der Waals surface area contributed by atoms with Crippen LogP contribution in [-0.2, 0) is 6.54 Å². The molecule has 1 saturated heterocycles. The van der Waals surface area contributed by atoms with Crippen LogP contribution in [0.3, 0.4) is 0 Å². The van der Waals surface area contributed by atoms with E-state index in [1.807, 2.05) is 19.2 Å². The monoisotopic (exact) mass is 478 g/mol. The number of guanidine groups is 1. The van der Waals surface area contributed by atoms with Crippen molar-refractivity contribution in [2.24, 2.45) is 10.9 Å². The van der Waals surface area contributed by atoms with E-state index in [1.54, 1.807) is 0 Å². The number of nitrogens with zero attached hydrogens (tertiary/aromatic N) is 2. The summed E-state index contributed by atoms with van der Waals surface area (Å²) in [6, 6.07) is 8.15. The summed E-state index contributed by atoms with van der Waals surface area (Å²) in [6.07, 6.45) is 2.42. The summed E-state index contributed by atoms with van der Waals surface area (Å²) >= 11 is 6.27. The minimum absolute atomic E-state index is 0. The largest absolute Gasteiger partial charge is 0.356 e. The molecule has 4 nitrogen and oxygen atoms in total. The first kappa shape index (κ1) is 22.5. The van der Waals surface area contributed by atoms with Crippen LogP contribution in [0.15, 0.2) is 29.3 Å². The van der Waals surface area contributed by atoms with E-state index in [0.29, 0.717) is 5.92 Å². The number of rotatable bonds is 4.